The summed E-state index contributed by atoms with van der Waals surface area (Å²) in [7, 11) is -2.36. The number of nitrogens with zero attached hydrogens (tertiary/aromatic N) is 1. The van der Waals surface area contributed by atoms with E-state index in [0.717, 1.165) is 24.8 Å². The van der Waals surface area contributed by atoms with Gasteiger partial charge in [0, 0.05) is 18.8 Å². The number of benzene rings is 2. The van der Waals surface area contributed by atoms with Gasteiger partial charge in [-0.25, -0.2) is 8.42 Å². The van der Waals surface area contributed by atoms with Crippen LogP contribution in [-0.4, -0.2) is 51.4 Å². The zero-order valence-corrected chi connectivity index (χ0v) is 19.8. The van der Waals surface area contributed by atoms with Gasteiger partial charge in [0.15, 0.2) is 6.61 Å². The normalized spacial score (nSPS) is 15.5. The number of methoxy groups -OCH3 is 1. The zero-order chi connectivity index (χ0) is 23.8. The Morgan fingerprint density at radius 1 is 1.06 bits per heavy atom. The highest BCUT2D eigenvalue weighted by molar-refractivity contribution is 7.89. The van der Waals surface area contributed by atoms with E-state index >= 15 is 0 Å². The Morgan fingerprint density at radius 2 is 1.76 bits per heavy atom. The number of carbonyl (C=O) groups is 2. The minimum atomic E-state index is -3.76. The molecule has 1 atom stereocenters. The number of anilines is 1. The largest absolute Gasteiger partial charge is 0.495 e. The molecular formula is C24H30N2O6S. The van der Waals surface area contributed by atoms with Crippen LogP contribution in [-0.2, 0) is 24.3 Å². The van der Waals surface area contributed by atoms with Crippen LogP contribution < -0.4 is 10.1 Å². The number of sulfonamides is 1. The molecule has 0 aliphatic carbocycles. The van der Waals surface area contributed by atoms with Gasteiger partial charge in [0.2, 0.25) is 10.0 Å². The van der Waals surface area contributed by atoms with Crippen molar-refractivity contribution in [1.82, 2.24) is 4.31 Å². The van der Waals surface area contributed by atoms with Gasteiger partial charge in [-0.3, -0.25) is 9.59 Å². The van der Waals surface area contributed by atoms with Gasteiger partial charge in [-0.15, -0.1) is 0 Å². The molecule has 9 heteroatoms. The molecule has 0 radical (unpaired) electrons. The van der Waals surface area contributed by atoms with Crippen LogP contribution in [0.1, 0.15) is 44.1 Å². The van der Waals surface area contributed by atoms with Crippen molar-refractivity contribution in [3.05, 3.63) is 54.1 Å². The van der Waals surface area contributed by atoms with Gasteiger partial charge >= 0.3 is 5.97 Å². The third kappa shape index (κ3) is 6.55. The summed E-state index contributed by atoms with van der Waals surface area (Å²) in [6.45, 7) is 2.37. The Labute approximate surface area is 194 Å². The van der Waals surface area contributed by atoms with E-state index in [9.17, 15) is 18.0 Å². The molecule has 1 fully saturated rings. The second-order valence-electron chi connectivity index (χ2n) is 8.06. The molecule has 8 nitrogen and oxygen atoms in total. The van der Waals surface area contributed by atoms with Crippen molar-refractivity contribution >= 4 is 27.6 Å². The first-order valence-electron chi connectivity index (χ1n) is 11.0. The molecule has 0 spiro atoms. The second kappa shape index (κ2) is 11.3. The van der Waals surface area contributed by atoms with E-state index in [1.165, 1.54) is 23.5 Å². The van der Waals surface area contributed by atoms with E-state index in [1.54, 1.807) is 6.07 Å². The number of nitrogens with one attached hydrogen (secondary N) is 1. The van der Waals surface area contributed by atoms with Crippen LogP contribution in [0, 0.1) is 0 Å². The van der Waals surface area contributed by atoms with Crippen molar-refractivity contribution in [2.24, 2.45) is 0 Å². The molecule has 2 aromatic rings. The third-order valence-corrected chi connectivity index (χ3v) is 7.51. The van der Waals surface area contributed by atoms with Gasteiger partial charge in [-0.2, -0.15) is 4.31 Å². The molecule has 1 heterocycles. The summed E-state index contributed by atoms with van der Waals surface area (Å²) in [6.07, 6.45) is 2.78. The number of esters is 1. The Kier molecular flexibility index (Phi) is 8.46. The number of rotatable bonds is 9. The van der Waals surface area contributed by atoms with Gasteiger partial charge in [0.1, 0.15) is 10.6 Å². The number of hydrogen-bond donors (Lipinski definition) is 1. The van der Waals surface area contributed by atoms with Crippen LogP contribution >= 0.6 is 0 Å². The highest BCUT2D eigenvalue weighted by Gasteiger charge is 2.29. The summed E-state index contributed by atoms with van der Waals surface area (Å²) in [6, 6.07) is 14.0. The van der Waals surface area contributed by atoms with E-state index < -0.39 is 28.5 Å². The fourth-order valence-electron chi connectivity index (χ4n) is 3.75. The first-order chi connectivity index (χ1) is 15.8. The van der Waals surface area contributed by atoms with Crippen LogP contribution in [0.4, 0.5) is 5.69 Å². The van der Waals surface area contributed by atoms with E-state index in [1.807, 2.05) is 37.3 Å². The van der Waals surface area contributed by atoms with Crippen LogP contribution in [0.25, 0.3) is 0 Å². The highest BCUT2D eigenvalue weighted by Crippen LogP contribution is 2.31. The lowest BCUT2D eigenvalue weighted by molar-refractivity contribution is -0.147. The lowest BCUT2D eigenvalue weighted by Gasteiger charge is -2.26. The van der Waals surface area contributed by atoms with Crippen molar-refractivity contribution in [2.75, 3.05) is 32.1 Å². The Balaban J connectivity index is 1.60. The van der Waals surface area contributed by atoms with Gasteiger partial charge in [-0.05, 0) is 42.5 Å². The Hall–Kier alpha value is -2.91. The lowest BCUT2D eigenvalue weighted by atomic mass is 9.98. The zero-order valence-electron chi connectivity index (χ0n) is 19.0. The van der Waals surface area contributed by atoms with Crippen LogP contribution in [0.5, 0.6) is 5.75 Å². The molecule has 1 amide bonds. The van der Waals surface area contributed by atoms with E-state index in [2.05, 4.69) is 5.32 Å². The molecule has 178 valence electrons. The average Bonchev–Trinajstić information content (AvgIpc) is 2.83. The van der Waals surface area contributed by atoms with Crippen molar-refractivity contribution in [3.63, 3.8) is 0 Å². The van der Waals surface area contributed by atoms with Crippen molar-refractivity contribution < 1.29 is 27.5 Å². The summed E-state index contributed by atoms with van der Waals surface area (Å²) in [5, 5.41) is 2.59. The number of hydrogen-bond acceptors (Lipinski definition) is 6. The standard InChI is InChI=1S/C24H30N2O6S/c1-18(19-9-5-3-6-10-19)15-24(28)32-17-23(27)25-20-11-12-21(31-2)22(16-20)33(29,30)26-13-7-4-8-14-26/h3,5-6,9-12,16,18H,4,7-8,13-15,17H2,1-2H3,(H,25,27). The molecule has 3 rings (SSSR count). The molecule has 0 saturated carbocycles. The average molecular weight is 475 g/mol. The quantitative estimate of drug-likeness (QED) is 0.558. The van der Waals surface area contributed by atoms with Crippen LogP contribution in [0.15, 0.2) is 53.4 Å². The molecule has 1 N–H and O–H groups in total. The van der Waals surface area contributed by atoms with E-state index in [-0.39, 0.29) is 28.7 Å². The minimum absolute atomic E-state index is 0.00150. The minimum Gasteiger partial charge on any atom is -0.495 e. The SMILES string of the molecule is COc1ccc(NC(=O)COC(=O)CC(C)c2ccccc2)cc1S(=O)(=O)N1CCCCC1. The topological polar surface area (TPSA) is 102 Å². The van der Waals surface area contributed by atoms with Gasteiger partial charge < -0.3 is 14.8 Å². The van der Waals surface area contributed by atoms with Crippen LogP contribution in [0.3, 0.4) is 0 Å². The number of piperidine rings is 1. The summed E-state index contributed by atoms with van der Waals surface area (Å²) in [5.74, 6) is -0.863. The van der Waals surface area contributed by atoms with Crippen LogP contribution in [0.2, 0.25) is 0 Å². The lowest BCUT2D eigenvalue weighted by Crippen LogP contribution is -2.35. The van der Waals surface area contributed by atoms with Gasteiger partial charge in [0.25, 0.3) is 5.91 Å². The highest BCUT2D eigenvalue weighted by atomic mass is 32.2. The molecule has 2 aromatic carbocycles. The molecule has 0 bridgehead atoms. The predicted octanol–water partition coefficient (Wildman–Crippen LogP) is 3.55. The van der Waals surface area contributed by atoms with Crippen molar-refractivity contribution in [2.45, 2.75) is 43.4 Å². The molecule has 0 aromatic heterocycles. The fraction of sp³-hybridized carbons (Fsp3) is 0.417. The fourth-order valence-corrected chi connectivity index (χ4v) is 5.45. The number of ether oxygens (including phenoxy) is 2. The maximum absolute atomic E-state index is 13.1. The Morgan fingerprint density at radius 3 is 2.42 bits per heavy atom. The number of carbonyl (C=O) groups excluding carboxylic acids is 2. The first-order valence-corrected chi connectivity index (χ1v) is 12.4. The second-order valence-corrected chi connectivity index (χ2v) is 9.96. The monoisotopic (exact) mass is 474 g/mol. The van der Waals surface area contributed by atoms with Crippen molar-refractivity contribution in [1.29, 1.82) is 0 Å². The molecule has 1 unspecified atom stereocenters. The molecule has 1 saturated heterocycles. The maximum Gasteiger partial charge on any atom is 0.306 e. The van der Waals surface area contributed by atoms with Gasteiger partial charge in [-0.1, -0.05) is 43.7 Å². The smallest absolute Gasteiger partial charge is 0.306 e. The molecule has 1 aliphatic rings. The summed E-state index contributed by atoms with van der Waals surface area (Å²) >= 11 is 0. The predicted molar refractivity (Wildman–Crippen MR) is 125 cm³/mol. The molecule has 33 heavy (non-hydrogen) atoms. The summed E-state index contributed by atoms with van der Waals surface area (Å²) in [4.78, 5) is 24.4. The van der Waals surface area contributed by atoms with Gasteiger partial charge in [0.05, 0.1) is 13.5 Å². The van der Waals surface area contributed by atoms with E-state index in [0.29, 0.717) is 13.1 Å². The maximum atomic E-state index is 13.1. The first kappa shape index (κ1) is 24.7. The third-order valence-electron chi connectivity index (χ3n) is 5.59. The number of amides is 1. The van der Waals surface area contributed by atoms with E-state index in [4.69, 9.17) is 9.47 Å². The molecule has 1 aliphatic heterocycles. The summed E-state index contributed by atoms with van der Waals surface area (Å²) < 4.78 is 38.0. The summed E-state index contributed by atoms with van der Waals surface area (Å²) in [5.41, 5.74) is 1.30. The van der Waals surface area contributed by atoms with Crippen molar-refractivity contribution in [3.8, 4) is 5.75 Å². The molecular weight excluding hydrogens is 444 g/mol. The Bertz CT molecular complexity index is 1070.